The summed E-state index contributed by atoms with van der Waals surface area (Å²) >= 11 is 0. The molecule has 5 heteroatoms. The SMILES string of the molecule is CNc1cc(C(=O)NC2CC(OC)C2)c2ccccc2n1. The van der Waals surface area contributed by atoms with Crippen molar-refractivity contribution in [3.05, 3.63) is 35.9 Å². The minimum absolute atomic E-state index is 0.0512. The first-order chi connectivity index (χ1) is 10.2. The number of ether oxygens (including phenoxy) is 1. The van der Waals surface area contributed by atoms with Crippen LogP contribution in [-0.2, 0) is 4.74 Å². The molecule has 0 spiro atoms. The van der Waals surface area contributed by atoms with Crippen LogP contribution in [0.25, 0.3) is 10.9 Å². The molecule has 1 saturated carbocycles. The topological polar surface area (TPSA) is 63.2 Å². The third-order valence-electron chi connectivity index (χ3n) is 3.98. The fourth-order valence-corrected chi connectivity index (χ4v) is 2.63. The minimum Gasteiger partial charge on any atom is -0.381 e. The summed E-state index contributed by atoms with van der Waals surface area (Å²) in [7, 11) is 3.51. The fourth-order valence-electron chi connectivity index (χ4n) is 2.63. The highest BCUT2D eigenvalue weighted by atomic mass is 16.5. The number of methoxy groups -OCH3 is 1. The molecule has 2 N–H and O–H groups in total. The van der Waals surface area contributed by atoms with E-state index >= 15 is 0 Å². The molecule has 1 aromatic heterocycles. The van der Waals surface area contributed by atoms with Gasteiger partial charge >= 0.3 is 0 Å². The maximum absolute atomic E-state index is 12.5. The highest BCUT2D eigenvalue weighted by molar-refractivity contribution is 6.07. The summed E-state index contributed by atoms with van der Waals surface area (Å²) in [4.78, 5) is 17.0. The second-order valence-corrected chi connectivity index (χ2v) is 5.32. The molecule has 1 fully saturated rings. The monoisotopic (exact) mass is 285 g/mol. The van der Waals surface area contributed by atoms with Gasteiger partial charge in [-0.3, -0.25) is 4.79 Å². The lowest BCUT2D eigenvalue weighted by Crippen LogP contribution is -2.47. The molecule has 5 nitrogen and oxygen atoms in total. The number of nitrogens with zero attached hydrogens (tertiary/aromatic N) is 1. The maximum Gasteiger partial charge on any atom is 0.252 e. The largest absolute Gasteiger partial charge is 0.381 e. The first kappa shape index (κ1) is 13.8. The van der Waals surface area contributed by atoms with E-state index in [-0.39, 0.29) is 18.1 Å². The number of benzene rings is 1. The van der Waals surface area contributed by atoms with Gasteiger partial charge in [-0.1, -0.05) is 18.2 Å². The van der Waals surface area contributed by atoms with E-state index in [4.69, 9.17) is 4.74 Å². The van der Waals surface area contributed by atoms with Crippen LogP contribution in [-0.4, -0.2) is 37.2 Å². The Morgan fingerprint density at radius 3 is 2.81 bits per heavy atom. The van der Waals surface area contributed by atoms with E-state index in [0.29, 0.717) is 11.4 Å². The lowest BCUT2D eigenvalue weighted by atomic mass is 9.89. The molecule has 1 amide bonds. The average molecular weight is 285 g/mol. The van der Waals surface area contributed by atoms with Gasteiger partial charge in [0.15, 0.2) is 0 Å². The number of pyridine rings is 1. The van der Waals surface area contributed by atoms with Crippen molar-refractivity contribution >= 4 is 22.6 Å². The predicted molar refractivity (Wildman–Crippen MR) is 82.6 cm³/mol. The third-order valence-corrected chi connectivity index (χ3v) is 3.98. The number of hydrogen-bond donors (Lipinski definition) is 2. The molecule has 1 heterocycles. The highest BCUT2D eigenvalue weighted by Gasteiger charge is 2.30. The van der Waals surface area contributed by atoms with Crippen LogP contribution in [0.5, 0.6) is 0 Å². The van der Waals surface area contributed by atoms with Gasteiger partial charge < -0.3 is 15.4 Å². The van der Waals surface area contributed by atoms with Crippen LogP contribution in [0.3, 0.4) is 0 Å². The second kappa shape index (κ2) is 5.69. The quantitative estimate of drug-likeness (QED) is 0.904. The molecule has 0 radical (unpaired) electrons. The Kier molecular flexibility index (Phi) is 3.75. The van der Waals surface area contributed by atoms with Crippen LogP contribution >= 0.6 is 0 Å². The Morgan fingerprint density at radius 2 is 2.10 bits per heavy atom. The van der Waals surface area contributed by atoms with Crippen molar-refractivity contribution in [2.24, 2.45) is 0 Å². The first-order valence-electron chi connectivity index (χ1n) is 7.12. The Hall–Kier alpha value is -2.14. The number of nitrogens with one attached hydrogen (secondary N) is 2. The standard InChI is InChI=1S/C16H19N3O2/c1-17-15-9-13(12-5-3-4-6-14(12)19-15)16(20)18-10-7-11(8-10)21-2/h3-6,9-11H,7-8H2,1-2H3,(H,17,19)(H,18,20). The zero-order valence-corrected chi connectivity index (χ0v) is 12.2. The number of rotatable bonds is 4. The molecule has 0 unspecified atom stereocenters. The average Bonchev–Trinajstić information content (AvgIpc) is 2.48. The van der Waals surface area contributed by atoms with Gasteiger partial charge in [0, 0.05) is 25.6 Å². The molecule has 2 aromatic rings. The van der Waals surface area contributed by atoms with Crippen LogP contribution in [0.15, 0.2) is 30.3 Å². The Morgan fingerprint density at radius 1 is 1.33 bits per heavy atom. The van der Waals surface area contributed by atoms with E-state index in [2.05, 4.69) is 15.6 Å². The second-order valence-electron chi connectivity index (χ2n) is 5.32. The van der Waals surface area contributed by atoms with E-state index in [1.54, 1.807) is 20.2 Å². The summed E-state index contributed by atoms with van der Waals surface area (Å²) in [6, 6.07) is 9.68. The van der Waals surface area contributed by atoms with Crippen molar-refractivity contribution in [2.75, 3.05) is 19.5 Å². The van der Waals surface area contributed by atoms with E-state index in [1.807, 2.05) is 24.3 Å². The number of hydrogen-bond acceptors (Lipinski definition) is 4. The van der Waals surface area contributed by atoms with Gasteiger partial charge in [-0.2, -0.15) is 0 Å². The van der Waals surface area contributed by atoms with Crippen molar-refractivity contribution in [3.8, 4) is 0 Å². The van der Waals surface area contributed by atoms with E-state index in [0.717, 1.165) is 23.7 Å². The lowest BCUT2D eigenvalue weighted by molar-refractivity contribution is 0.0176. The van der Waals surface area contributed by atoms with Gasteiger partial charge in [0.1, 0.15) is 5.82 Å². The van der Waals surface area contributed by atoms with Crippen molar-refractivity contribution in [3.63, 3.8) is 0 Å². The summed E-state index contributed by atoms with van der Waals surface area (Å²) < 4.78 is 5.24. The normalized spacial score (nSPS) is 20.9. The van der Waals surface area contributed by atoms with Crippen molar-refractivity contribution < 1.29 is 9.53 Å². The van der Waals surface area contributed by atoms with Gasteiger partial charge in [0.25, 0.3) is 5.91 Å². The van der Waals surface area contributed by atoms with Crippen molar-refractivity contribution in [1.29, 1.82) is 0 Å². The minimum atomic E-state index is -0.0512. The van der Waals surface area contributed by atoms with E-state index < -0.39 is 0 Å². The molecule has 3 rings (SSSR count). The summed E-state index contributed by atoms with van der Waals surface area (Å²) in [6.07, 6.45) is 2.03. The predicted octanol–water partition coefficient (Wildman–Crippen LogP) is 2.18. The summed E-state index contributed by atoms with van der Waals surface area (Å²) in [6.45, 7) is 0. The van der Waals surface area contributed by atoms with Crippen molar-refractivity contribution in [1.82, 2.24) is 10.3 Å². The van der Waals surface area contributed by atoms with Gasteiger partial charge in [0.2, 0.25) is 0 Å². The van der Waals surface area contributed by atoms with Crippen LogP contribution in [0.4, 0.5) is 5.82 Å². The Labute approximate surface area is 123 Å². The molecule has 21 heavy (non-hydrogen) atoms. The number of aromatic nitrogens is 1. The number of carbonyl (C=O) groups is 1. The van der Waals surface area contributed by atoms with E-state index in [9.17, 15) is 4.79 Å². The maximum atomic E-state index is 12.5. The molecular formula is C16H19N3O2. The van der Waals surface area contributed by atoms with Gasteiger partial charge in [0.05, 0.1) is 17.2 Å². The van der Waals surface area contributed by atoms with Gasteiger partial charge in [-0.25, -0.2) is 4.98 Å². The van der Waals surface area contributed by atoms with E-state index in [1.165, 1.54) is 0 Å². The summed E-state index contributed by atoms with van der Waals surface area (Å²) in [5.41, 5.74) is 1.48. The molecule has 0 aliphatic heterocycles. The summed E-state index contributed by atoms with van der Waals surface area (Å²) in [5.74, 6) is 0.645. The van der Waals surface area contributed by atoms with Crippen molar-refractivity contribution in [2.45, 2.75) is 25.0 Å². The summed E-state index contributed by atoms with van der Waals surface area (Å²) in [5, 5.41) is 6.94. The number of amides is 1. The van der Waals surface area contributed by atoms with Gasteiger partial charge in [-0.05, 0) is 25.0 Å². The molecule has 0 bridgehead atoms. The molecule has 110 valence electrons. The molecule has 1 aromatic carbocycles. The number of anilines is 1. The number of para-hydroxylation sites is 1. The van der Waals surface area contributed by atoms with Crippen LogP contribution < -0.4 is 10.6 Å². The van der Waals surface area contributed by atoms with Gasteiger partial charge in [-0.15, -0.1) is 0 Å². The van der Waals surface area contributed by atoms with Crippen LogP contribution in [0.1, 0.15) is 23.2 Å². The lowest BCUT2D eigenvalue weighted by Gasteiger charge is -2.34. The zero-order valence-electron chi connectivity index (χ0n) is 12.2. The molecule has 0 saturated heterocycles. The first-order valence-corrected chi connectivity index (χ1v) is 7.12. The molecule has 0 atom stereocenters. The number of fused-ring (bicyclic) bond motifs is 1. The van der Waals surface area contributed by atoms with Crippen LogP contribution in [0.2, 0.25) is 0 Å². The molecule has 1 aliphatic rings. The fraction of sp³-hybridized carbons (Fsp3) is 0.375. The van der Waals surface area contributed by atoms with Crippen LogP contribution in [0, 0.1) is 0 Å². The highest BCUT2D eigenvalue weighted by Crippen LogP contribution is 2.25. The smallest absolute Gasteiger partial charge is 0.252 e. The molecular weight excluding hydrogens is 266 g/mol. The Balaban J connectivity index is 1.86. The Bertz CT molecular complexity index is 666. The number of carbonyl (C=O) groups excluding carboxylic acids is 1. The molecule has 1 aliphatic carbocycles. The third kappa shape index (κ3) is 2.69. The zero-order chi connectivity index (χ0) is 14.8.